The van der Waals surface area contributed by atoms with E-state index in [1.807, 2.05) is 0 Å². The van der Waals surface area contributed by atoms with Crippen LogP contribution in [0, 0.1) is 0 Å². The minimum absolute atomic E-state index is 0.161. The molecule has 9 heteroatoms. The molecule has 7 nitrogen and oxygen atoms in total. The molecular formula is C11H13BrN2O5S. The van der Waals surface area contributed by atoms with Gasteiger partial charge in [-0.05, 0) is 41.1 Å². The number of rotatable bonds is 6. The van der Waals surface area contributed by atoms with E-state index in [0.717, 1.165) is 6.07 Å². The van der Waals surface area contributed by atoms with E-state index in [4.69, 9.17) is 5.11 Å². The molecule has 3 N–H and O–H groups in total. The summed E-state index contributed by atoms with van der Waals surface area (Å²) in [5.41, 5.74) is -0.161. The predicted molar refractivity (Wildman–Crippen MR) is 75.0 cm³/mol. The second-order valence-corrected chi connectivity index (χ2v) is 6.32. The molecule has 0 radical (unpaired) electrons. The van der Waals surface area contributed by atoms with E-state index in [0.29, 0.717) is 6.54 Å². The highest BCUT2D eigenvalue weighted by Crippen LogP contribution is 2.23. The van der Waals surface area contributed by atoms with E-state index in [-0.39, 0.29) is 14.9 Å². The van der Waals surface area contributed by atoms with Gasteiger partial charge in [-0.2, -0.15) is 0 Å². The summed E-state index contributed by atoms with van der Waals surface area (Å²) in [7, 11) is -3.98. The van der Waals surface area contributed by atoms with Crippen molar-refractivity contribution < 1.29 is 23.1 Å². The molecule has 0 aliphatic rings. The van der Waals surface area contributed by atoms with Gasteiger partial charge in [-0.1, -0.05) is 0 Å². The van der Waals surface area contributed by atoms with Crippen LogP contribution in [0.4, 0.5) is 0 Å². The molecule has 0 bridgehead atoms. The molecule has 0 fully saturated rings. The Balaban J connectivity index is 3.00. The first kappa shape index (κ1) is 16.6. The predicted octanol–water partition coefficient (Wildman–Crippen LogP) is 0.562. The summed E-state index contributed by atoms with van der Waals surface area (Å²) in [5.74, 6) is -1.71. The fourth-order valence-corrected chi connectivity index (χ4v) is 3.31. The van der Waals surface area contributed by atoms with Crippen LogP contribution in [0.2, 0.25) is 0 Å². The van der Waals surface area contributed by atoms with E-state index < -0.39 is 28.4 Å². The second kappa shape index (κ2) is 6.82. The minimum atomic E-state index is -3.98. The third kappa shape index (κ3) is 4.29. The molecular weight excluding hydrogens is 352 g/mol. The molecule has 0 heterocycles. The van der Waals surface area contributed by atoms with Crippen molar-refractivity contribution in [2.75, 3.05) is 13.1 Å². The number of likely N-dealkylation sites (N-methyl/N-ethyl adjacent to an activating group) is 1. The van der Waals surface area contributed by atoms with E-state index in [1.54, 1.807) is 6.92 Å². The number of amides is 1. The average Bonchev–Trinajstić information content (AvgIpc) is 2.37. The molecule has 0 unspecified atom stereocenters. The molecule has 0 saturated carbocycles. The van der Waals surface area contributed by atoms with Crippen LogP contribution >= 0.6 is 15.9 Å². The number of carbonyl (C=O) groups excluding carboxylic acids is 1. The van der Waals surface area contributed by atoms with E-state index in [9.17, 15) is 18.0 Å². The molecule has 0 atom stereocenters. The quantitative estimate of drug-likeness (QED) is 0.682. The number of aromatic carboxylic acids is 1. The summed E-state index contributed by atoms with van der Waals surface area (Å²) in [6, 6.07) is 3.62. The number of hydrogen-bond donors (Lipinski definition) is 3. The van der Waals surface area contributed by atoms with Crippen LogP contribution in [0.1, 0.15) is 17.3 Å². The van der Waals surface area contributed by atoms with Gasteiger partial charge in [0.05, 0.1) is 17.0 Å². The fraction of sp³-hybridized carbons (Fsp3) is 0.273. The van der Waals surface area contributed by atoms with Crippen LogP contribution in [-0.4, -0.2) is 38.5 Å². The zero-order chi connectivity index (χ0) is 15.3. The summed E-state index contributed by atoms with van der Waals surface area (Å²) >= 11 is 3.04. The van der Waals surface area contributed by atoms with Crippen LogP contribution in [0.5, 0.6) is 0 Å². The standard InChI is InChI=1S/C11H13BrN2O5S/c1-2-13-10(15)6-14-20(18,19)9-5-7(11(16)17)3-4-8(9)12/h3-5,14H,2,6H2,1H3,(H,13,15)(H,16,17). The van der Waals surface area contributed by atoms with Crippen molar-refractivity contribution in [1.29, 1.82) is 0 Å². The second-order valence-electron chi connectivity index (χ2n) is 3.73. The monoisotopic (exact) mass is 364 g/mol. The minimum Gasteiger partial charge on any atom is -0.478 e. The van der Waals surface area contributed by atoms with Crippen molar-refractivity contribution in [3.05, 3.63) is 28.2 Å². The van der Waals surface area contributed by atoms with Gasteiger partial charge in [0.1, 0.15) is 0 Å². The molecule has 20 heavy (non-hydrogen) atoms. The summed E-state index contributed by atoms with van der Waals surface area (Å²) in [6.45, 7) is 1.68. The SMILES string of the molecule is CCNC(=O)CNS(=O)(=O)c1cc(C(=O)O)ccc1Br. The maximum atomic E-state index is 12.0. The summed E-state index contributed by atoms with van der Waals surface area (Å²) in [6.07, 6.45) is 0. The lowest BCUT2D eigenvalue weighted by Crippen LogP contribution is -2.36. The number of carboxylic acids is 1. The lowest BCUT2D eigenvalue weighted by atomic mass is 10.2. The zero-order valence-electron chi connectivity index (χ0n) is 10.5. The first-order valence-electron chi connectivity index (χ1n) is 5.57. The van der Waals surface area contributed by atoms with Crippen LogP contribution < -0.4 is 10.0 Å². The maximum Gasteiger partial charge on any atom is 0.335 e. The van der Waals surface area contributed by atoms with Gasteiger partial charge in [0.25, 0.3) is 0 Å². The highest BCUT2D eigenvalue weighted by Gasteiger charge is 2.20. The third-order valence-electron chi connectivity index (χ3n) is 2.26. The molecule has 0 aliphatic carbocycles. The normalized spacial score (nSPS) is 11.1. The maximum absolute atomic E-state index is 12.0. The Morgan fingerprint density at radius 3 is 2.55 bits per heavy atom. The Morgan fingerprint density at radius 2 is 2.00 bits per heavy atom. The average molecular weight is 365 g/mol. The van der Waals surface area contributed by atoms with Gasteiger partial charge in [-0.3, -0.25) is 4.79 Å². The summed E-state index contributed by atoms with van der Waals surface area (Å²) < 4.78 is 26.4. The Labute approximate surface area is 124 Å². The van der Waals surface area contributed by atoms with Gasteiger partial charge >= 0.3 is 5.97 Å². The largest absolute Gasteiger partial charge is 0.478 e. The van der Waals surface area contributed by atoms with E-state index in [2.05, 4.69) is 26.0 Å². The van der Waals surface area contributed by atoms with Crippen LogP contribution in [0.3, 0.4) is 0 Å². The fourth-order valence-electron chi connectivity index (χ4n) is 1.34. The first-order valence-corrected chi connectivity index (χ1v) is 7.84. The van der Waals surface area contributed by atoms with Gasteiger partial charge in [0.15, 0.2) is 0 Å². The molecule has 1 aromatic rings. The number of halogens is 1. The van der Waals surface area contributed by atoms with Gasteiger partial charge in [-0.15, -0.1) is 0 Å². The first-order chi connectivity index (χ1) is 9.27. The van der Waals surface area contributed by atoms with Gasteiger partial charge in [0, 0.05) is 11.0 Å². The molecule has 0 spiro atoms. The zero-order valence-corrected chi connectivity index (χ0v) is 12.9. The van der Waals surface area contributed by atoms with Gasteiger partial charge in [0.2, 0.25) is 15.9 Å². The van der Waals surface area contributed by atoms with Crippen molar-refractivity contribution in [2.45, 2.75) is 11.8 Å². The molecule has 1 rings (SSSR count). The van der Waals surface area contributed by atoms with Crippen LogP contribution in [0.25, 0.3) is 0 Å². The van der Waals surface area contributed by atoms with Crippen LogP contribution in [-0.2, 0) is 14.8 Å². The summed E-state index contributed by atoms with van der Waals surface area (Å²) in [5, 5.41) is 11.3. The molecule has 1 amide bonds. The molecule has 0 saturated heterocycles. The Bertz CT molecular complexity index is 630. The third-order valence-corrected chi connectivity index (χ3v) is 4.66. The molecule has 0 aliphatic heterocycles. The number of carbonyl (C=O) groups is 2. The number of nitrogens with one attached hydrogen (secondary N) is 2. The number of benzene rings is 1. The summed E-state index contributed by atoms with van der Waals surface area (Å²) in [4.78, 5) is 21.9. The lowest BCUT2D eigenvalue weighted by Gasteiger charge is -2.09. The molecule has 110 valence electrons. The van der Waals surface area contributed by atoms with Crippen LogP contribution in [0.15, 0.2) is 27.6 Å². The smallest absolute Gasteiger partial charge is 0.335 e. The van der Waals surface area contributed by atoms with Crippen molar-refractivity contribution >= 4 is 37.8 Å². The topological polar surface area (TPSA) is 113 Å². The molecule has 1 aromatic carbocycles. The molecule has 0 aromatic heterocycles. The Kier molecular flexibility index (Phi) is 5.66. The highest BCUT2D eigenvalue weighted by molar-refractivity contribution is 9.10. The van der Waals surface area contributed by atoms with Crippen molar-refractivity contribution in [3.8, 4) is 0 Å². The number of sulfonamides is 1. The van der Waals surface area contributed by atoms with Crippen molar-refractivity contribution in [1.82, 2.24) is 10.0 Å². The Morgan fingerprint density at radius 1 is 1.35 bits per heavy atom. The van der Waals surface area contributed by atoms with Gasteiger partial charge < -0.3 is 10.4 Å². The van der Waals surface area contributed by atoms with Gasteiger partial charge in [-0.25, -0.2) is 17.9 Å². The van der Waals surface area contributed by atoms with Crippen molar-refractivity contribution in [2.24, 2.45) is 0 Å². The number of carboxylic acid groups (broad SMARTS) is 1. The Hall–Kier alpha value is -1.45. The van der Waals surface area contributed by atoms with Crippen molar-refractivity contribution in [3.63, 3.8) is 0 Å². The van der Waals surface area contributed by atoms with E-state index >= 15 is 0 Å². The lowest BCUT2D eigenvalue weighted by molar-refractivity contribution is -0.119. The highest BCUT2D eigenvalue weighted by atomic mass is 79.9. The number of hydrogen-bond acceptors (Lipinski definition) is 4. The van der Waals surface area contributed by atoms with E-state index in [1.165, 1.54) is 12.1 Å².